The van der Waals surface area contributed by atoms with Gasteiger partial charge < -0.3 is 19.1 Å². The molecule has 0 saturated carbocycles. The first-order valence-corrected chi connectivity index (χ1v) is 14.8. The van der Waals surface area contributed by atoms with Gasteiger partial charge in [0.25, 0.3) is 0 Å². The van der Waals surface area contributed by atoms with Gasteiger partial charge in [-0.2, -0.15) is 0 Å². The fraction of sp³-hybridized carbons (Fsp3) is 1.00. The first kappa shape index (κ1) is 30.1. The van der Waals surface area contributed by atoms with Gasteiger partial charge >= 0.3 is 0 Å². The molecule has 0 amide bonds. The Balaban J connectivity index is 5.68. The quantitative estimate of drug-likeness (QED) is 0.235. The molecule has 5 heteroatoms. The summed E-state index contributed by atoms with van der Waals surface area (Å²) in [6.45, 7) is 29.3. The molecule has 0 aromatic carbocycles. The smallest absolute Gasteiger partial charge is 0.162 e. The van der Waals surface area contributed by atoms with Crippen molar-refractivity contribution in [3.8, 4) is 0 Å². The van der Waals surface area contributed by atoms with Gasteiger partial charge in [0.1, 0.15) is 0 Å². The van der Waals surface area contributed by atoms with Crippen molar-refractivity contribution in [3.05, 3.63) is 0 Å². The third-order valence-electron chi connectivity index (χ3n) is 6.37. The first-order chi connectivity index (χ1) is 14.4. The normalized spacial score (nSPS) is 14.1. The molecule has 0 heterocycles. The lowest BCUT2D eigenvalue weighted by Crippen LogP contribution is -2.52. The second-order valence-electron chi connectivity index (χ2n) is 9.33. The number of hydrogen-bond donors (Lipinski definition) is 0. The molecule has 0 bridgehead atoms. The largest absolute Gasteiger partial charge is 0.421 e. The minimum absolute atomic E-state index is 0.319. The van der Waals surface area contributed by atoms with Crippen molar-refractivity contribution in [2.45, 2.75) is 99.6 Å². The Morgan fingerprint density at radius 2 is 1.07 bits per heavy atom. The maximum absolute atomic E-state index is 6.45. The fourth-order valence-electron chi connectivity index (χ4n) is 4.77. The molecule has 4 nitrogen and oxygen atoms in total. The zero-order valence-corrected chi connectivity index (χ0v) is 23.6. The average Bonchev–Trinajstić information content (AvgIpc) is 2.73. The van der Waals surface area contributed by atoms with E-state index in [1.807, 2.05) is 0 Å². The summed E-state index contributed by atoms with van der Waals surface area (Å²) in [5.41, 5.74) is 0.319. The molecule has 182 valence electrons. The second kappa shape index (κ2) is 18.6. The molecular weight excluding hydrogens is 386 g/mol. The van der Waals surface area contributed by atoms with E-state index in [4.69, 9.17) is 4.43 Å². The van der Waals surface area contributed by atoms with Crippen molar-refractivity contribution >= 4 is 9.76 Å². The lowest BCUT2D eigenvalue weighted by Gasteiger charge is -2.44. The highest BCUT2D eigenvalue weighted by Gasteiger charge is 2.35. The van der Waals surface area contributed by atoms with E-state index in [9.17, 15) is 0 Å². The Morgan fingerprint density at radius 1 is 0.667 bits per heavy atom. The molecule has 30 heavy (non-hydrogen) atoms. The Labute approximate surface area is 193 Å². The molecule has 0 aliphatic heterocycles. The van der Waals surface area contributed by atoms with Gasteiger partial charge in [0.05, 0.1) is 0 Å². The molecule has 0 fully saturated rings. The van der Waals surface area contributed by atoms with Crippen molar-refractivity contribution in [2.75, 3.05) is 58.9 Å². The van der Waals surface area contributed by atoms with Crippen molar-refractivity contribution < 1.29 is 4.43 Å². The van der Waals surface area contributed by atoms with E-state index in [0.717, 1.165) is 19.6 Å². The molecule has 0 aromatic rings. The van der Waals surface area contributed by atoms with E-state index in [1.165, 1.54) is 77.4 Å². The van der Waals surface area contributed by atoms with Gasteiger partial charge in [-0.25, -0.2) is 0 Å². The topological polar surface area (TPSA) is 19.0 Å². The van der Waals surface area contributed by atoms with Crippen LogP contribution in [0.2, 0.25) is 6.04 Å². The third kappa shape index (κ3) is 12.8. The Hall–Kier alpha value is 0.0569. The standard InChI is InChI=1S/C25H57N3OSi/c1-9-16-24(8)29-30-23-25(20-26(13-5)17-10-2,21-27(14-6)18-11-3)22-28(15-7)19-12-4/h24H,9-23,30H2,1-8H3. The Morgan fingerprint density at radius 3 is 1.37 bits per heavy atom. The van der Waals surface area contributed by atoms with E-state index < -0.39 is 9.76 Å². The summed E-state index contributed by atoms with van der Waals surface area (Å²) in [5.74, 6) is 0. The number of nitrogens with zero attached hydrogens (tertiary/aromatic N) is 3. The molecule has 1 atom stereocenters. The Kier molecular flexibility index (Phi) is 18.6. The minimum atomic E-state index is -0.534. The molecule has 0 rings (SSSR count). The maximum Gasteiger partial charge on any atom is 0.162 e. The highest BCUT2D eigenvalue weighted by atomic mass is 28.2. The zero-order valence-electron chi connectivity index (χ0n) is 22.1. The van der Waals surface area contributed by atoms with Crippen LogP contribution < -0.4 is 0 Å². The van der Waals surface area contributed by atoms with Crippen molar-refractivity contribution in [2.24, 2.45) is 5.41 Å². The van der Waals surface area contributed by atoms with Gasteiger partial charge in [0, 0.05) is 31.2 Å². The van der Waals surface area contributed by atoms with Crippen molar-refractivity contribution in [1.29, 1.82) is 0 Å². The molecule has 0 spiro atoms. The average molecular weight is 444 g/mol. The molecule has 0 aromatic heterocycles. The van der Waals surface area contributed by atoms with Gasteiger partial charge in [-0.3, -0.25) is 0 Å². The van der Waals surface area contributed by atoms with Gasteiger partial charge in [-0.05, 0) is 77.9 Å². The summed E-state index contributed by atoms with van der Waals surface area (Å²) in [4.78, 5) is 8.14. The van der Waals surface area contributed by atoms with Gasteiger partial charge in [-0.1, -0.05) is 54.9 Å². The molecule has 0 N–H and O–H groups in total. The first-order valence-electron chi connectivity index (χ1n) is 13.2. The Bertz CT molecular complexity index is 343. The van der Waals surface area contributed by atoms with Gasteiger partial charge in [0.15, 0.2) is 9.76 Å². The predicted molar refractivity (Wildman–Crippen MR) is 138 cm³/mol. The summed E-state index contributed by atoms with van der Waals surface area (Å²) >= 11 is 0. The third-order valence-corrected chi connectivity index (χ3v) is 8.44. The van der Waals surface area contributed by atoms with Crippen LogP contribution in [0.25, 0.3) is 0 Å². The van der Waals surface area contributed by atoms with Crippen LogP contribution in [0.4, 0.5) is 0 Å². The van der Waals surface area contributed by atoms with E-state index in [2.05, 4.69) is 70.1 Å². The monoisotopic (exact) mass is 443 g/mol. The highest BCUT2D eigenvalue weighted by molar-refractivity contribution is 6.27. The molecular formula is C25H57N3OSi. The lowest BCUT2D eigenvalue weighted by atomic mass is 9.87. The lowest BCUT2D eigenvalue weighted by molar-refractivity contribution is 0.0675. The van der Waals surface area contributed by atoms with E-state index in [0.29, 0.717) is 11.5 Å². The van der Waals surface area contributed by atoms with Crippen LogP contribution >= 0.6 is 0 Å². The summed E-state index contributed by atoms with van der Waals surface area (Å²) in [5, 5.41) is 0. The van der Waals surface area contributed by atoms with Crippen LogP contribution in [-0.4, -0.2) is 89.5 Å². The van der Waals surface area contributed by atoms with E-state index in [-0.39, 0.29) is 0 Å². The molecule has 0 radical (unpaired) electrons. The van der Waals surface area contributed by atoms with Crippen LogP contribution in [-0.2, 0) is 4.43 Å². The predicted octanol–water partition coefficient (Wildman–Crippen LogP) is 4.88. The van der Waals surface area contributed by atoms with Crippen LogP contribution in [0.1, 0.15) is 87.5 Å². The van der Waals surface area contributed by atoms with Crippen LogP contribution in [0.3, 0.4) is 0 Å². The van der Waals surface area contributed by atoms with Crippen LogP contribution in [0, 0.1) is 5.41 Å². The summed E-state index contributed by atoms with van der Waals surface area (Å²) in [6, 6.07) is 1.29. The van der Waals surface area contributed by atoms with Crippen LogP contribution in [0.15, 0.2) is 0 Å². The molecule has 0 aliphatic rings. The molecule has 0 aliphatic carbocycles. The van der Waals surface area contributed by atoms with E-state index >= 15 is 0 Å². The fourth-order valence-corrected chi connectivity index (χ4v) is 6.37. The SMILES string of the molecule is CCCC(C)O[SiH2]CC(CN(CC)CCC)(CN(CC)CCC)CN(CC)CCC. The molecule has 0 saturated heterocycles. The second-order valence-corrected chi connectivity index (χ2v) is 10.6. The van der Waals surface area contributed by atoms with Crippen molar-refractivity contribution in [3.63, 3.8) is 0 Å². The van der Waals surface area contributed by atoms with Gasteiger partial charge in [-0.15, -0.1) is 0 Å². The highest BCUT2D eigenvalue weighted by Crippen LogP contribution is 2.29. The summed E-state index contributed by atoms with van der Waals surface area (Å²) in [7, 11) is -0.534. The number of hydrogen-bond acceptors (Lipinski definition) is 4. The summed E-state index contributed by atoms with van der Waals surface area (Å²) in [6.07, 6.45) is 6.58. The van der Waals surface area contributed by atoms with Crippen LogP contribution in [0.5, 0.6) is 0 Å². The van der Waals surface area contributed by atoms with Crippen molar-refractivity contribution in [1.82, 2.24) is 14.7 Å². The van der Waals surface area contributed by atoms with E-state index in [1.54, 1.807) is 0 Å². The zero-order chi connectivity index (χ0) is 22.8. The molecule has 1 unspecified atom stereocenters. The number of rotatable bonds is 21. The van der Waals surface area contributed by atoms with Gasteiger partial charge in [0.2, 0.25) is 0 Å². The maximum atomic E-state index is 6.45. The minimum Gasteiger partial charge on any atom is -0.421 e. The summed E-state index contributed by atoms with van der Waals surface area (Å²) < 4.78 is 6.45.